The third-order valence-corrected chi connectivity index (χ3v) is 4.31. The van der Waals surface area contributed by atoms with E-state index in [1.165, 1.54) is 17.0 Å². The Labute approximate surface area is 154 Å². The average molecular weight is 371 g/mol. The molecule has 27 heavy (non-hydrogen) atoms. The fourth-order valence-electron chi connectivity index (χ4n) is 2.84. The van der Waals surface area contributed by atoms with Crippen LogP contribution < -0.4 is 5.56 Å². The van der Waals surface area contributed by atoms with Crippen LogP contribution in [0, 0.1) is 11.6 Å². The summed E-state index contributed by atoms with van der Waals surface area (Å²) in [5, 5.41) is 0.526. The molecule has 3 rings (SSSR count). The van der Waals surface area contributed by atoms with Crippen molar-refractivity contribution in [2.75, 3.05) is 7.05 Å². The molecule has 1 aromatic heterocycles. The lowest BCUT2D eigenvalue weighted by atomic mass is 10.1. The number of carbonyl (C=O) groups excluding carboxylic acids is 1. The first-order valence-electron chi connectivity index (χ1n) is 8.60. The van der Waals surface area contributed by atoms with E-state index in [1.807, 2.05) is 6.07 Å². The van der Waals surface area contributed by atoms with Crippen molar-refractivity contribution >= 4 is 16.8 Å². The molecule has 5 nitrogen and oxygen atoms in total. The molecule has 0 aliphatic carbocycles. The smallest absolute Gasteiger partial charge is 0.258 e. The van der Waals surface area contributed by atoms with Crippen LogP contribution in [0.1, 0.15) is 24.2 Å². The molecule has 7 heteroatoms. The summed E-state index contributed by atoms with van der Waals surface area (Å²) in [5.41, 5.74) is 0.671. The van der Waals surface area contributed by atoms with E-state index in [1.54, 1.807) is 25.2 Å². The van der Waals surface area contributed by atoms with Gasteiger partial charge in [0.25, 0.3) is 5.56 Å². The minimum atomic E-state index is -0.674. The number of fused-ring (bicyclic) bond motifs is 1. The highest BCUT2D eigenvalue weighted by molar-refractivity contribution is 5.77. The average Bonchev–Trinajstić information content (AvgIpc) is 2.64. The van der Waals surface area contributed by atoms with Gasteiger partial charge in [-0.2, -0.15) is 0 Å². The number of nitrogens with one attached hydrogen (secondary N) is 1. The summed E-state index contributed by atoms with van der Waals surface area (Å²) in [6, 6.07) is 10.4. The summed E-state index contributed by atoms with van der Waals surface area (Å²) in [4.78, 5) is 32.8. The van der Waals surface area contributed by atoms with E-state index in [-0.39, 0.29) is 30.0 Å². The van der Waals surface area contributed by atoms with Gasteiger partial charge in [-0.15, -0.1) is 0 Å². The zero-order valence-corrected chi connectivity index (χ0v) is 14.8. The second-order valence-electron chi connectivity index (χ2n) is 6.37. The zero-order valence-electron chi connectivity index (χ0n) is 14.8. The maximum atomic E-state index is 13.7. The largest absolute Gasteiger partial charge is 0.341 e. The van der Waals surface area contributed by atoms with Crippen molar-refractivity contribution in [2.24, 2.45) is 0 Å². The number of carbonyl (C=O) groups is 1. The summed E-state index contributed by atoms with van der Waals surface area (Å²) in [5.74, 6) is -0.963. The molecule has 0 radical (unpaired) electrons. The van der Waals surface area contributed by atoms with Gasteiger partial charge in [-0.1, -0.05) is 18.2 Å². The second kappa shape index (κ2) is 8.07. The molecule has 0 saturated heterocycles. The normalized spacial score (nSPS) is 10.9. The lowest BCUT2D eigenvalue weighted by Crippen LogP contribution is -2.26. The summed E-state index contributed by atoms with van der Waals surface area (Å²) >= 11 is 0. The first-order chi connectivity index (χ1) is 12.9. The molecule has 0 aliphatic rings. The van der Waals surface area contributed by atoms with Crippen LogP contribution in [-0.2, 0) is 17.8 Å². The van der Waals surface area contributed by atoms with Gasteiger partial charge in [-0.05, 0) is 24.6 Å². The van der Waals surface area contributed by atoms with Crippen molar-refractivity contribution in [2.45, 2.75) is 25.8 Å². The summed E-state index contributed by atoms with van der Waals surface area (Å²) in [6.07, 6.45) is 1.18. The first-order valence-corrected chi connectivity index (χ1v) is 8.60. The quantitative estimate of drug-likeness (QED) is 0.724. The van der Waals surface area contributed by atoms with Gasteiger partial charge in [0.15, 0.2) is 0 Å². The number of aromatic amines is 1. The van der Waals surface area contributed by atoms with Crippen molar-refractivity contribution in [3.05, 3.63) is 75.8 Å². The van der Waals surface area contributed by atoms with Crippen molar-refractivity contribution < 1.29 is 13.6 Å². The Morgan fingerprint density at radius 2 is 1.96 bits per heavy atom. The van der Waals surface area contributed by atoms with E-state index in [0.717, 1.165) is 6.07 Å². The molecule has 1 N–H and O–H groups in total. The molecule has 0 bridgehead atoms. The molecule has 1 heterocycles. The molecule has 1 amide bonds. The third kappa shape index (κ3) is 4.55. The Hall–Kier alpha value is -3.09. The van der Waals surface area contributed by atoms with Crippen LogP contribution >= 0.6 is 0 Å². The molecule has 0 aliphatic heterocycles. The molecular formula is C20H19F2N3O2. The second-order valence-corrected chi connectivity index (χ2v) is 6.37. The van der Waals surface area contributed by atoms with Crippen molar-refractivity contribution in [1.29, 1.82) is 0 Å². The lowest BCUT2D eigenvalue weighted by molar-refractivity contribution is -0.130. The summed E-state index contributed by atoms with van der Waals surface area (Å²) in [7, 11) is 1.57. The molecule has 0 unspecified atom stereocenters. The molecule has 2 aromatic carbocycles. The van der Waals surface area contributed by atoms with Gasteiger partial charge in [0.1, 0.15) is 17.5 Å². The Bertz CT molecular complexity index is 1030. The summed E-state index contributed by atoms with van der Waals surface area (Å²) < 4.78 is 26.6. The fourth-order valence-corrected chi connectivity index (χ4v) is 2.84. The van der Waals surface area contributed by atoms with E-state index >= 15 is 0 Å². The molecule has 140 valence electrons. The molecule has 3 aromatic rings. The minimum Gasteiger partial charge on any atom is -0.341 e. The van der Waals surface area contributed by atoms with Gasteiger partial charge < -0.3 is 9.88 Å². The summed E-state index contributed by atoms with van der Waals surface area (Å²) in [6.45, 7) is 0.0655. The number of aryl methyl sites for hydroxylation is 1. The van der Waals surface area contributed by atoms with Gasteiger partial charge >= 0.3 is 0 Å². The highest BCUT2D eigenvalue weighted by Gasteiger charge is 2.13. The van der Waals surface area contributed by atoms with E-state index < -0.39 is 11.6 Å². The number of halogens is 2. The number of aromatic nitrogens is 2. The lowest BCUT2D eigenvalue weighted by Gasteiger charge is -2.17. The van der Waals surface area contributed by atoms with Crippen LogP contribution in [0.5, 0.6) is 0 Å². The highest BCUT2D eigenvalue weighted by Crippen LogP contribution is 2.13. The van der Waals surface area contributed by atoms with Crippen molar-refractivity contribution in [1.82, 2.24) is 14.9 Å². The number of nitrogens with zero attached hydrogens (tertiary/aromatic N) is 2. The fraction of sp³-hybridized carbons (Fsp3) is 0.250. The number of hydrogen-bond donors (Lipinski definition) is 1. The van der Waals surface area contributed by atoms with Gasteiger partial charge in [0, 0.05) is 38.1 Å². The first kappa shape index (κ1) is 18.7. The number of H-pyrrole nitrogens is 1. The number of hydrogen-bond acceptors (Lipinski definition) is 3. The standard InChI is InChI=1S/C20H19F2N3O2/c1-25(12-13-9-10-14(21)11-16(13)22)19(26)8-4-7-18-23-17-6-3-2-5-15(17)20(27)24-18/h2-3,5-6,9-11H,4,7-8,12H2,1H3,(H,23,24,27). The minimum absolute atomic E-state index is 0.0655. The van der Waals surface area contributed by atoms with Gasteiger partial charge in [0.05, 0.1) is 10.9 Å². The highest BCUT2D eigenvalue weighted by atomic mass is 19.1. The molecular weight excluding hydrogens is 352 g/mol. The molecule has 0 atom stereocenters. The van der Waals surface area contributed by atoms with Crippen LogP contribution in [-0.4, -0.2) is 27.8 Å². The van der Waals surface area contributed by atoms with Crippen LogP contribution in [0.3, 0.4) is 0 Å². The Kier molecular flexibility index (Phi) is 5.59. The maximum Gasteiger partial charge on any atom is 0.258 e. The van der Waals surface area contributed by atoms with Crippen LogP contribution in [0.25, 0.3) is 10.9 Å². The number of para-hydroxylation sites is 1. The van der Waals surface area contributed by atoms with Crippen molar-refractivity contribution in [3.63, 3.8) is 0 Å². The predicted octanol–water partition coefficient (Wildman–Crippen LogP) is 3.18. The Morgan fingerprint density at radius 3 is 2.74 bits per heavy atom. The van der Waals surface area contributed by atoms with Gasteiger partial charge in [-0.25, -0.2) is 13.8 Å². The SMILES string of the molecule is CN(Cc1ccc(F)cc1F)C(=O)CCCc1nc2ccccc2c(=O)[nH]1. The Balaban J connectivity index is 1.57. The predicted molar refractivity (Wildman–Crippen MR) is 98.1 cm³/mol. The molecule has 0 fully saturated rings. The van der Waals surface area contributed by atoms with Crippen LogP contribution in [0.2, 0.25) is 0 Å². The van der Waals surface area contributed by atoms with Gasteiger partial charge in [-0.3, -0.25) is 9.59 Å². The Morgan fingerprint density at radius 1 is 1.19 bits per heavy atom. The van der Waals surface area contributed by atoms with E-state index in [2.05, 4.69) is 9.97 Å². The number of rotatable bonds is 6. The van der Waals surface area contributed by atoms with E-state index in [9.17, 15) is 18.4 Å². The van der Waals surface area contributed by atoms with E-state index in [4.69, 9.17) is 0 Å². The third-order valence-electron chi connectivity index (χ3n) is 4.31. The number of benzene rings is 2. The van der Waals surface area contributed by atoms with Crippen molar-refractivity contribution in [3.8, 4) is 0 Å². The monoisotopic (exact) mass is 371 g/mol. The molecule has 0 saturated carbocycles. The van der Waals surface area contributed by atoms with Crippen LogP contribution in [0.15, 0.2) is 47.3 Å². The van der Waals surface area contributed by atoms with Crippen LogP contribution in [0.4, 0.5) is 8.78 Å². The number of amides is 1. The van der Waals surface area contributed by atoms with E-state index in [0.29, 0.717) is 29.6 Å². The van der Waals surface area contributed by atoms with Gasteiger partial charge in [0.2, 0.25) is 5.91 Å². The maximum absolute atomic E-state index is 13.7. The molecule has 0 spiro atoms. The topological polar surface area (TPSA) is 66.1 Å². The zero-order chi connectivity index (χ0) is 19.4.